The first kappa shape index (κ1) is 14.6. The lowest BCUT2D eigenvalue weighted by atomic mass is 9.80. The average Bonchev–Trinajstić information content (AvgIpc) is 3.17. The fourth-order valence-corrected chi connectivity index (χ4v) is 2.62. The number of hydrogen-bond donors (Lipinski definition) is 2. The summed E-state index contributed by atoms with van der Waals surface area (Å²) in [5.74, 6) is -1.99. The molecule has 2 unspecified atom stereocenters. The van der Waals surface area contributed by atoms with Gasteiger partial charge >= 0.3 is 6.18 Å². The molecule has 0 radical (unpaired) electrons. The standard InChI is InChI=1S/C13H21F3N2O/c14-13(15,16)10-3-1-2-9(8-10)12(19)18-7-6-17-11-4-5-11/h9-11,17H,1-8H2,(H,18,19). The molecule has 0 aromatic heterocycles. The summed E-state index contributed by atoms with van der Waals surface area (Å²) in [5.41, 5.74) is 0. The number of carbonyl (C=O) groups excluding carboxylic acids is 1. The van der Waals surface area contributed by atoms with E-state index in [1.807, 2.05) is 0 Å². The second kappa shape index (κ2) is 6.11. The van der Waals surface area contributed by atoms with Crippen molar-refractivity contribution in [2.45, 2.75) is 50.7 Å². The number of rotatable bonds is 5. The quantitative estimate of drug-likeness (QED) is 0.757. The van der Waals surface area contributed by atoms with E-state index in [-0.39, 0.29) is 18.7 Å². The highest BCUT2D eigenvalue weighted by atomic mass is 19.4. The molecule has 2 N–H and O–H groups in total. The van der Waals surface area contributed by atoms with Crippen LogP contribution in [0.3, 0.4) is 0 Å². The zero-order chi connectivity index (χ0) is 13.9. The summed E-state index contributed by atoms with van der Waals surface area (Å²) >= 11 is 0. The molecule has 3 nitrogen and oxygen atoms in total. The predicted molar refractivity (Wildman–Crippen MR) is 65.5 cm³/mol. The first-order valence-electron chi connectivity index (χ1n) is 7.04. The van der Waals surface area contributed by atoms with E-state index in [0.29, 0.717) is 32.0 Å². The third-order valence-corrected chi connectivity index (χ3v) is 3.94. The van der Waals surface area contributed by atoms with Crippen LogP contribution in [0.15, 0.2) is 0 Å². The van der Waals surface area contributed by atoms with Gasteiger partial charge in [0, 0.05) is 25.0 Å². The maximum absolute atomic E-state index is 12.6. The topological polar surface area (TPSA) is 41.1 Å². The van der Waals surface area contributed by atoms with Gasteiger partial charge in [0.25, 0.3) is 0 Å². The van der Waals surface area contributed by atoms with E-state index in [4.69, 9.17) is 0 Å². The molecule has 2 aliphatic carbocycles. The van der Waals surface area contributed by atoms with Crippen LogP contribution >= 0.6 is 0 Å². The van der Waals surface area contributed by atoms with Gasteiger partial charge in [0.2, 0.25) is 5.91 Å². The number of hydrogen-bond acceptors (Lipinski definition) is 2. The Morgan fingerprint density at radius 1 is 1.11 bits per heavy atom. The van der Waals surface area contributed by atoms with Crippen LogP contribution in [0.2, 0.25) is 0 Å². The van der Waals surface area contributed by atoms with Crippen LogP contribution in [0.4, 0.5) is 13.2 Å². The van der Waals surface area contributed by atoms with Crippen molar-refractivity contribution < 1.29 is 18.0 Å². The highest BCUT2D eigenvalue weighted by molar-refractivity contribution is 5.78. The fraction of sp³-hybridized carbons (Fsp3) is 0.923. The summed E-state index contributed by atoms with van der Waals surface area (Å²) in [6, 6.07) is 0.584. The van der Waals surface area contributed by atoms with Crippen LogP contribution < -0.4 is 10.6 Å². The molecule has 0 saturated heterocycles. The molecule has 0 heterocycles. The van der Waals surface area contributed by atoms with E-state index >= 15 is 0 Å². The third kappa shape index (κ3) is 4.67. The van der Waals surface area contributed by atoms with Gasteiger partial charge in [-0.3, -0.25) is 4.79 Å². The van der Waals surface area contributed by atoms with Gasteiger partial charge in [0.05, 0.1) is 5.92 Å². The van der Waals surface area contributed by atoms with Crippen LogP contribution in [0.25, 0.3) is 0 Å². The molecule has 0 spiro atoms. The first-order valence-corrected chi connectivity index (χ1v) is 7.04. The smallest absolute Gasteiger partial charge is 0.355 e. The molecule has 2 atom stereocenters. The molecule has 0 aromatic rings. The van der Waals surface area contributed by atoms with E-state index in [1.165, 1.54) is 12.8 Å². The van der Waals surface area contributed by atoms with Crippen LogP contribution in [0, 0.1) is 11.8 Å². The van der Waals surface area contributed by atoms with Gasteiger partial charge in [-0.2, -0.15) is 13.2 Å². The molecular weight excluding hydrogens is 257 g/mol. The predicted octanol–water partition coefficient (Wildman–Crippen LogP) is 2.22. The van der Waals surface area contributed by atoms with Crippen molar-refractivity contribution >= 4 is 5.91 Å². The van der Waals surface area contributed by atoms with E-state index in [9.17, 15) is 18.0 Å². The van der Waals surface area contributed by atoms with E-state index in [2.05, 4.69) is 10.6 Å². The molecular formula is C13H21F3N2O. The fourth-order valence-electron chi connectivity index (χ4n) is 2.62. The van der Waals surface area contributed by atoms with Gasteiger partial charge in [-0.25, -0.2) is 0 Å². The molecule has 19 heavy (non-hydrogen) atoms. The third-order valence-electron chi connectivity index (χ3n) is 3.94. The molecule has 2 fully saturated rings. The number of halogens is 3. The molecule has 2 saturated carbocycles. The Morgan fingerprint density at radius 2 is 1.84 bits per heavy atom. The second-order valence-electron chi connectivity index (χ2n) is 5.62. The zero-order valence-electron chi connectivity index (χ0n) is 10.9. The van der Waals surface area contributed by atoms with Crippen molar-refractivity contribution in [1.82, 2.24) is 10.6 Å². The summed E-state index contributed by atoms with van der Waals surface area (Å²) in [6.45, 7) is 1.20. The van der Waals surface area contributed by atoms with Crippen molar-refractivity contribution in [3.05, 3.63) is 0 Å². The Balaban J connectivity index is 1.68. The largest absolute Gasteiger partial charge is 0.391 e. The summed E-state index contributed by atoms with van der Waals surface area (Å²) in [6.07, 6.45) is -0.612. The Hall–Kier alpha value is -0.780. The minimum atomic E-state index is -4.16. The van der Waals surface area contributed by atoms with Gasteiger partial charge in [-0.15, -0.1) is 0 Å². The van der Waals surface area contributed by atoms with E-state index in [1.54, 1.807) is 0 Å². The van der Waals surface area contributed by atoms with Crippen molar-refractivity contribution in [3.63, 3.8) is 0 Å². The normalized spacial score (nSPS) is 28.2. The van der Waals surface area contributed by atoms with Crippen molar-refractivity contribution in [2.75, 3.05) is 13.1 Å². The molecule has 0 bridgehead atoms. The lowest BCUT2D eigenvalue weighted by Gasteiger charge is -2.29. The molecule has 1 amide bonds. The highest BCUT2D eigenvalue weighted by Crippen LogP contribution is 2.39. The van der Waals surface area contributed by atoms with E-state index in [0.717, 1.165) is 0 Å². The van der Waals surface area contributed by atoms with Crippen molar-refractivity contribution in [3.8, 4) is 0 Å². The minimum Gasteiger partial charge on any atom is -0.355 e. The number of alkyl halides is 3. The molecule has 2 aliphatic rings. The Bertz CT molecular complexity index is 316. The van der Waals surface area contributed by atoms with Gasteiger partial charge < -0.3 is 10.6 Å². The van der Waals surface area contributed by atoms with Crippen LogP contribution in [0.1, 0.15) is 38.5 Å². The van der Waals surface area contributed by atoms with Gasteiger partial charge in [0.15, 0.2) is 0 Å². The molecule has 0 aliphatic heterocycles. The van der Waals surface area contributed by atoms with Gasteiger partial charge in [-0.1, -0.05) is 6.42 Å². The van der Waals surface area contributed by atoms with Gasteiger partial charge in [-0.05, 0) is 32.1 Å². The van der Waals surface area contributed by atoms with Crippen molar-refractivity contribution in [1.29, 1.82) is 0 Å². The van der Waals surface area contributed by atoms with Crippen molar-refractivity contribution in [2.24, 2.45) is 11.8 Å². The second-order valence-corrected chi connectivity index (χ2v) is 5.62. The number of nitrogens with one attached hydrogen (secondary N) is 2. The molecule has 0 aromatic carbocycles. The SMILES string of the molecule is O=C(NCCNC1CC1)C1CCCC(C(F)(F)F)C1. The monoisotopic (exact) mass is 278 g/mol. The summed E-state index contributed by atoms with van der Waals surface area (Å²) in [7, 11) is 0. The first-order chi connectivity index (χ1) is 8.97. The summed E-state index contributed by atoms with van der Waals surface area (Å²) in [4.78, 5) is 11.8. The number of amides is 1. The molecule has 2 rings (SSSR count). The van der Waals surface area contributed by atoms with Crippen LogP contribution in [-0.4, -0.2) is 31.2 Å². The number of carbonyl (C=O) groups is 1. The van der Waals surface area contributed by atoms with E-state index < -0.39 is 18.0 Å². The highest BCUT2D eigenvalue weighted by Gasteiger charge is 2.43. The Morgan fingerprint density at radius 3 is 2.47 bits per heavy atom. The Kier molecular flexibility index (Phi) is 4.71. The lowest BCUT2D eigenvalue weighted by Crippen LogP contribution is -2.40. The van der Waals surface area contributed by atoms with Crippen LogP contribution in [0.5, 0.6) is 0 Å². The Labute approximate surface area is 111 Å². The zero-order valence-corrected chi connectivity index (χ0v) is 10.9. The molecule has 110 valence electrons. The lowest BCUT2D eigenvalue weighted by molar-refractivity contribution is -0.186. The maximum atomic E-state index is 12.6. The maximum Gasteiger partial charge on any atom is 0.391 e. The summed E-state index contributed by atoms with van der Waals surface area (Å²) < 4.78 is 37.9. The minimum absolute atomic E-state index is 0.0502. The van der Waals surface area contributed by atoms with Gasteiger partial charge in [0.1, 0.15) is 0 Å². The molecule has 6 heteroatoms. The summed E-state index contributed by atoms with van der Waals surface area (Å²) in [5, 5.41) is 5.99. The van der Waals surface area contributed by atoms with Crippen LogP contribution in [-0.2, 0) is 4.79 Å². The average molecular weight is 278 g/mol.